The highest BCUT2D eigenvalue weighted by Crippen LogP contribution is 2.42. The zero-order valence-electron chi connectivity index (χ0n) is 33.2. The van der Waals surface area contributed by atoms with Crippen LogP contribution in [-0.4, -0.2) is 82.8 Å². The minimum Gasteiger partial charge on any atom is -0.399 e. The summed E-state index contributed by atoms with van der Waals surface area (Å²) in [6.45, 7) is 3.71. The third-order valence-corrected chi connectivity index (χ3v) is 12.7. The van der Waals surface area contributed by atoms with Crippen LogP contribution >= 0.6 is 60.3 Å². The first-order valence-electron chi connectivity index (χ1n) is 19.0. The van der Waals surface area contributed by atoms with Crippen LogP contribution in [0.25, 0.3) is 42.2 Å². The molecule has 0 bridgehead atoms. The van der Waals surface area contributed by atoms with Gasteiger partial charge in [-0.2, -0.15) is 0 Å². The highest BCUT2D eigenvalue weighted by molar-refractivity contribution is 7.13. The highest BCUT2D eigenvalue weighted by atomic mass is 35.5. The first-order chi connectivity index (χ1) is 28.5. The molecule has 4 fully saturated rings. The smallest absolute Gasteiger partial charge is 0.271 e. The summed E-state index contributed by atoms with van der Waals surface area (Å²) in [4.78, 5) is 61.7. The summed E-state index contributed by atoms with van der Waals surface area (Å²) in [6, 6.07) is 5.24. The van der Waals surface area contributed by atoms with Crippen molar-refractivity contribution in [3.63, 3.8) is 0 Å². The van der Waals surface area contributed by atoms with E-state index in [9.17, 15) is 28.0 Å². The molecular weight excluding hydrogens is 932 g/mol. The number of pyridine rings is 2. The zero-order chi connectivity index (χ0) is 41.7. The van der Waals surface area contributed by atoms with E-state index in [0.717, 1.165) is 85.4 Å². The number of nitrogens with zero attached hydrogens (tertiary/aromatic N) is 5. The molecule has 0 radical (unpaired) electrons. The second-order valence-electron chi connectivity index (χ2n) is 14.8. The molecule has 2 atom stereocenters. The van der Waals surface area contributed by atoms with Crippen molar-refractivity contribution in [2.45, 2.75) is 45.2 Å². The van der Waals surface area contributed by atoms with Gasteiger partial charge in [-0.1, -0.05) is 17.7 Å². The van der Waals surface area contributed by atoms with E-state index in [-0.39, 0.29) is 84.2 Å². The van der Waals surface area contributed by atoms with E-state index in [1.54, 1.807) is 17.7 Å². The Morgan fingerprint density at radius 3 is 1.68 bits per heavy atom. The van der Waals surface area contributed by atoms with Crippen molar-refractivity contribution in [1.82, 2.24) is 23.2 Å². The molecule has 2 aliphatic carbocycles. The van der Waals surface area contributed by atoms with Crippen LogP contribution in [0.3, 0.4) is 0 Å². The van der Waals surface area contributed by atoms with Crippen LogP contribution in [0.4, 0.5) is 18.9 Å². The standard InChI is InChI=1S/C19H20FN5O3S.C13H8F2N2O2S.C6H13N3O.CH4.3ClH/c1-28-22-13-8-24(7-9(13)6-21)15-5-14-11(4-12(15)20)17(26)16-18(27)23-29-19(16)25(14)10-2-3-10;14-7-3-6-9(4-8(7)15)17(5-1-2-5)13-10(11(6)18)12(19)16-20-13;1-10-9-6-4-8-3-5(6)2-7;;;;/h4-5,9-10H,2-3,6-8,21H2,1H3,(H,23,27);3-5H,1-2H2,(H,16,19);5,8H,2-4,7H2,1H3;1H4;3*1H/b22-13+;;9-6+;;;;. The van der Waals surface area contributed by atoms with Crippen LogP contribution in [-0.2, 0) is 9.68 Å². The second kappa shape index (κ2) is 21.0. The van der Waals surface area contributed by atoms with Gasteiger partial charge in [0.05, 0.1) is 34.7 Å². The SMILES string of the molecule is C.CO/N=C1\CN(c2cc3c(cc2F)c(=O)c2c(=O)[nH]sc2n3C2CC2)CC1CN.CO/N=C1\CNCC1CN.Cl.Cl.Cl.O=c1[nH]sc2c1c(=O)c1cc(F)c(F)cc1n2C1CC1. The van der Waals surface area contributed by atoms with Crippen molar-refractivity contribution in [3.8, 4) is 0 Å². The van der Waals surface area contributed by atoms with Crippen molar-refractivity contribution in [2.24, 2.45) is 33.6 Å². The quantitative estimate of drug-likeness (QED) is 0.129. The maximum Gasteiger partial charge on any atom is 0.271 e. The van der Waals surface area contributed by atoms with Gasteiger partial charge in [-0.05, 0) is 66.9 Å². The molecule has 0 spiro atoms. The molecule has 2 saturated carbocycles. The van der Waals surface area contributed by atoms with Crippen LogP contribution in [0.1, 0.15) is 45.2 Å². The molecule has 0 amide bonds. The molecule has 2 aliphatic heterocycles. The number of nitrogens with two attached hydrogens (primary N) is 2. The molecule has 344 valence electrons. The summed E-state index contributed by atoms with van der Waals surface area (Å²) < 4.78 is 50.9. The Bertz CT molecular complexity index is 2930. The zero-order valence-corrected chi connectivity index (χ0v) is 37.3. The topological polar surface area (TPSA) is 220 Å². The Kier molecular flexibility index (Phi) is 17.1. The van der Waals surface area contributed by atoms with E-state index in [1.165, 1.54) is 13.2 Å². The number of H-pyrrole nitrogens is 2. The van der Waals surface area contributed by atoms with Crippen LogP contribution in [0.2, 0.25) is 0 Å². The lowest BCUT2D eigenvalue weighted by molar-refractivity contribution is 0.211. The van der Waals surface area contributed by atoms with Gasteiger partial charge >= 0.3 is 0 Å². The summed E-state index contributed by atoms with van der Waals surface area (Å²) in [6.07, 6.45) is 3.74. The lowest BCUT2D eigenvalue weighted by Gasteiger charge is -2.20. The molecule has 2 aromatic carbocycles. The van der Waals surface area contributed by atoms with Gasteiger partial charge in [-0.3, -0.25) is 27.9 Å². The van der Waals surface area contributed by atoms with Gasteiger partial charge in [-0.25, -0.2) is 13.2 Å². The molecule has 4 aliphatic rings. The van der Waals surface area contributed by atoms with Gasteiger partial charge in [0.25, 0.3) is 11.1 Å². The summed E-state index contributed by atoms with van der Waals surface area (Å²) in [5.41, 5.74) is 12.7. The number of hydrogen-bond donors (Lipinski definition) is 5. The number of halogens is 6. The minimum atomic E-state index is -1.08. The number of hydrogen-bond acceptors (Lipinski definition) is 14. The number of oxime groups is 2. The monoisotopic (exact) mass is 978 g/mol. The molecule has 63 heavy (non-hydrogen) atoms. The fourth-order valence-electron chi connectivity index (χ4n) is 7.75. The molecule has 6 aromatic rings. The Morgan fingerprint density at radius 2 is 1.19 bits per heavy atom. The number of rotatable bonds is 7. The van der Waals surface area contributed by atoms with Gasteiger partial charge in [0.15, 0.2) is 11.6 Å². The largest absolute Gasteiger partial charge is 0.399 e. The molecule has 16 nitrogen and oxygen atoms in total. The van der Waals surface area contributed by atoms with Crippen molar-refractivity contribution in [2.75, 3.05) is 58.4 Å². The van der Waals surface area contributed by atoms with Gasteiger partial charge in [-0.15, -0.1) is 37.2 Å². The summed E-state index contributed by atoms with van der Waals surface area (Å²) >= 11 is 2.21. The first kappa shape index (κ1) is 51.2. The molecule has 2 saturated heterocycles. The lowest BCUT2D eigenvalue weighted by atomic mass is 10.1. The maximum absolute atomic E-state index is 15.1. The van der Waals surface area contributed by atoms with E-state index in [2.05, 4.69) is 29.2 Å². The number of nitrogens with one attached hydrogen (secondary N) is 3. The third kappa shape index (κ3) is 9.65. The Labute approximate surface area is 384 Å². The van der Waals surface area contributed by atoms with Crippen molar-refractivity contribution in [1.29, 1.82) is 0 Å². The minimum absolute atomic E-state index is 0. The van der Waals surface area contributed by atoms with E-state index >= 15 is 4.39 Å². The summed E-state index contributed by atoms with van der Waals surface area (Å²) in [5, 5.41) is 11.5. The third-order valence-electron chi connectivity index (χ3n) is 11.0. The van der Waals surface area contributed by atoms with E-state index < -0.39 is 39.4 Å². The molecule has 6 heterocycles. The van der Waals surface area contributed by atoms with E-state index in [0.29, 0.717) is 58.5 Å². The number of anilines is 1. The van der Waals surface area contributed by atoms with E-state index in [1.807, 2.05) is 9.47 Å². The molecule has 10 rings (SSSR count). The van der Waals surface area contributed by atoms with Gasteiger partial charge in [0, 0.05) is 73.5 Å². The van der Waals surface area contributed by atoms with Crippen LogP contribution in [0.5, 0.6) is 0 Å². The predicted octanol–water partition coefficient (Wildman–Crippen LogP) is 5.36. The second-order valence-corrected chi connectivity index (χ2v) is 16.4. The molecule has 2 unspecified atom stereocenters. The van der Waals surface area contributed by atoms with Crippen LogP contribution in [0, 0.1) is 29.3 Å². The first-order valence-corrected chi connectivity index (χ1v) is 20.6. The van der Waals surface area contributed by atoms with Crippen molar-refractivity contribution < 1.29 is 22.8 Å². The molecule has 4 aromatic heterocycles. The number of aromatic amines is 2. The molecular formula is C39H48Cl3F3N10O6S2. The Morgan fingerprint density at radius 1 is 0.714 bits per heavy atom. The predicted molar refractivity (Wildman–Crippen MR) is 252 cm³/mol. The van der Waals surface area contributed by atoms with E-state index in [4.69, 9.17) is 16.3 Å². The number of aromatic nitrogens is 4. The summed E-state index contributed by atoms with van der Waals surface area (Å²) in [7, 11) is 3.03. The van der Waals surface area contributed by atoms with Crippen LogP contribution < -0.4 is 43.7 Å². The number of fused-ring (bicyclic) bond motifs is 4. The van der Waals surface area contributed by atoms with Crippen molar-refractivity contribution in [3.05, 3.63) is 82.9 Å². The Hall–Kier alpha value is -4.48. The van der Waals surface area contributed by atoms with Gasteiger partial charge in [0.2, 0.25) is 10.9 Å². The molecule has 7 N–H and O–H groups in total. The van der Waals surface area contributed by atoms with Crippen molar-refractivity contribution >= 4 is 120 Å². The molecule has 24 heteroatoms. The van der Waals surface area contributed by atoms with Gasteiger partial charge in [0.1, 0.15) is 40.5 Å². The lowest BCUT2D eigenvalue weighted by Crippen LogP contribution is -2.24. The highest BCUT2D eigenvalue weighted by Gasteiger charge is 2.33. The normalized spacial score (nSPS) is 19.2. The fourth-order valence-corrected chi connectivity index (χ4v) is 9.60. The fraction of sp³-hybridized carbons (Fsp3) is 0.436. The average Bonchev–Trinajstić information content (AvgIpc) is 4.07. The Balaban J connectivity index is 0.000000224. The van der Waals surface area contributed by atoms with Crippen LogP contribution in [0.15, 0.2) is 53.8 Å². The number of benzene rings is 2. The maximum atomic E-state index is 15.1. The summed E-state index contributed by atoms with van der Waals surface area (Å²) in [5.74, 6) is -2.22. The van der Waals surface area contributed by atoms with Gasteiger partial charge < -0.3 is 40.5 Å². The average molecular weight is 980 g/mol.